The third-order valence-electron chi connectivity index (χ3n) is 1.85. The van der Waals surface area contributed by atoms with Gasteiger partial charge in [-0.1, -0.05) is 0 Å². The van der Waals surface area contributed by atoms with Gasteiger partial charge in [-0.2, -0.15) is 5.26 Å². The topological polar surface area (TPSA) is 81.4 Å². The molecule has 0 spiro atoms. The number of rotatable bonds is 0. The van der Waals surface area contributed by atoms with E-state index in [0.29, 0.717) is 6.42 Å². The van der Waals surface area contributed by atoms with Crippen LogP contribution in [0.2, 0.25) is 0 Å². The quantitative estimate of drug-likeness (QED) is 0.555. The summed E-state index contributed by atoms with van der Waals surface area (Å²) in [6, 6.07) is 1.84. The van der Waals surface area contributed by atoms with Crippen molar-refractivity contribution in [2.75, 3.05) is 13.1 Å². The zero-order chi connectivity index (χ0) is 9.14. The second kappa shape index (κ2) is 3.22. The number of nitrogens with zero attached hydrogens (tertiary/aromatic N) is 2. The molecule has 1 unspecified atom stereocenters. The van der Waals surface area contributed by atoms with Crippen molar-refractivity contribution in [1.29, 1.82) is 5.26 Å². The Morgan fingerprint density at radius 3 is 2.83 bits per heavy atom. The van der Waals surface area contributed by atoms with E-state index in [1.165, 1.54) is 0 Å². The Morgan fingerprint density at radius 2 is 2.42 bits per heavy atom. The van der Waals surface area contributed by atoms with Gasteiger partial charge in [-0.25, -0.2) is 4.79 Å². The minimum absolute atomic E-state index is 0.145. The van der Waals surface area contributed by atoms with Crippen molar-refractivity contribution in [3.8, 4) is 6.07 Å². The Balaban J connectivity index is 2.59. The third kappa shape index (κ3) is 1.53. The number of amides is 1. The van der Waals surface area contributed by atoms with Crippen molar-refractivity contribution in [2.45, 2.75) is 6.42 Å². The first-order chi connectivity index (χ1) is 5.65. The number of nitriles is 1. The summed E-state index contributed by atoms with van der Waals surface area (Å²) in [4.78, 5) is 22.4. The van der Waals surface area contributed by atoms with Crippen LogP contribution in [0, 0.1) is 17.2 Å². The van der Waals surface area contributed by atoms with E-state index < -0.39 is 12.0 Å². The van der Waals surface area contributed by atoms with Crippen molar-refractivity contribution >= 4 is 11.9 Å². The van der Waals surface area contributed by atoms with Crippen LogP contribution in [0.15, 0.2) is 0 Å². The number of carbonyl (C=O) groups is 2. The molecule has 1 fully saturated rings. The van der Waals surface area contributed by atoms with Crippen molar-refractivity contribution in [2.24, 2.45) is 5.92 Å². The fourth-order valence-corrected chi connectivity index (χ4v) is 1.12. The predicted molar refractivity (Wildman–Crippen MR) is 38.3 cm³/mol. The number of carbonyl (C=O) groups excluding carboxylic acids is 1. The second-order valence-corrected chi connectivity index (χ2v) is 2.64. The Kier molecular flexibility index (Phi) is 2.29. The van der Waals surface area contributed by atoms with Crippen LogP contribution in [0.4, 0.5) is 4.79 Å². The lowest BCUT2D eigenvalue weighted by atomic mass is 9.97. The lowest BCUT2D eigenvalue weighted by Gasteiger charge is -2.25. The fraction of sp³-hybridized carbons (Fsp3) is 0.571. The van der Waals surface area contributed by atoms with E-state index >= 15 is 0 Å². The van der Waals surface area contributed by atoms with Crippen LogP contribution in [0.3, 0.4) is 0 Å². The number of carboxylic acid groups (broad SMARTS) is 1. The minimum atomic E-state index is -1.10. The molecule has 64 valence electrons. The molecule has 1 N–H and O–H groups in total. The van der Waals surface area contributed by atoms with Crippen molar-refractivity contribution < 1.29 is 14.7 Å². The van der Waals surface area contributed by atoms with Gasteiger partial charge in [0.25, 0.3) is 0 Å². The second-order valence-electron chi connectivity index (χ2n) is 2.64. The Bertz CT molecular complexity index is 256. The summed E-state index contributed by atoms with van der Waals surface area (Å²) >= 11 is 0. The average molecular weight is 168 g/mol. The standard InChI is InChI=1S/C7H8N2O3/c8-3-5-1-2-9(7(11)12)4-6(5)10/h5H,1-2,4H2,(H,11,12). The molecule has 12 heavy (non-hydrogen) atoms. The first kappa shape index (κ1) is 8.53. The van der Waals surface area contributed by atoms with Gasteiger partial charge in [0.1, 0.15) is 5.92 Å². The summed E-state index contributed by atoms with van der Waals surface area (Å²) in [7, 11) is 0. The number of piperidine rings is 1. The van der Waals surface area contributed by atoms with Crippen molar-refractivity contribution in [3.63, 3.8) is 0 Å². The normalized spacial score (nSPS) is 23.4. The minimum Gasteiger partial charge on any atom is -0.465 e. The summed E-state index contributed by atoms with van der Waals surface area (Å²) in [5.41, 5.74) is 0. The Labute approximate surface area is 69.2 Å². The van der Waals surface area contributed by atoms with Crippen LogP contribution < -0.4 is 0 Å². The van der Waals surface area contributed by atoms with Crippen LogP contribution in [0.25, 0.3) is 0 Å². The van der Waals surface area contributed by atoms with Crippen LogP contribution in [-0.2, 0) is 4.79 Å². The molecule has 1 rings (SSSR count). The SMILES string of the molecule is N#CC1CCN(C(=O)O)CC1=O. The van der Waals surface area contributed by atoms with E-state index in [0.717, 1.165) is 4.90 Å². The first-order valence-electron chi connectivity index (χ1n) is 3.55. The van der Waals surface area contributed by atoms with E-state index in [-0.39, 0.29) is 18.9 Å². The van der Waals surface area contributed by atoms with Gasteiger partial charge < -0.3 is 10.0 Å². The highest BCUT2D eigenvalue weighted by molar-refractivity contribution is 5.88. The summed E-state index contributed by atoms with van der Waals surface area (Å²) in [5.74, 6) is -0.910. The van der Waals surface area contributed by atoms with E-state index in [1.807, 2.05) is 6.07 Å². The Hall–Kier alpha value is -1.57. The highest BCUT2D eigenvalue weighted by Gasteiger charge is 2.28. The number of hydrogen-bond acceptors (Lipinski definition) is 3. The first-order valence-corrected chi connectivity index (χ1v) is 3.55. The van der Waals surface area contributed by atoms with Gasteiger partial charge in [-0.05, 0) is 6.42 Å². The molecule has 0 aliphatic carbocycles. The van der Waals surface area contributed by atoms with E-state index in [1.54, 1.807) is 0 Å². The predicted octanol–water partition coefficient (Wildman–Crippen LogP) is 0.0790. The lowest BCUT2D eigenvalue weighted by molar-refractivity contribution is -0.124. The van der Waals surface area contributed by atoms with Crippen molar-refractivity contribution in [3.05, 3.63) is 0 Å². The van der Waals surface area contributed by atoms with Crippen LogP contribution in [0.5, 0.6) is 0 Å². The average Bonchev–Trinajstić information content (AvgIpc) is 2.04. The fourth-order valence-electron chi connectivity index (χ4n) is 1.12. The van der Waals surface area contributed by atoms with E-state index in [2.05, 4.69) is 0 Å². The van der Waals surface area contributed by atoms with E-state index in [9.17, 15) is 9.59 Å². The summed E-state index contributed by atoms with van der Waals surface area (Å²) in [6.07, 6.45) is -0.776. The monoisotopic (exact) mass is 168 g/mol. The molecular formula is C7H8N2O3. The number of hydrogen-bond donors (Lipinski definition) is 1. The zero-order valence-electron chi connectivity index (χ0n) is 6.36. The molecule has 0 saturated carbocycles. The van der Waals surface area contributed by atoms with Gasteiger partial charge in [0.2, 0.25) is 0 Å². The highest BCUT2D eigenvalue weighted by atomic mass is 16.4. The van der Waals surface area contributed by atoms with Gasteiger partial charge >= 0.3 is 6.09 Å². The van der Waals surface area contributed by atoms with Crippen molar-refractivity contribution in [1.82, 2.24) is 4.90 Å². The number of likely N-dealkylation sites (tertiary alicyclic amines) is 1. The zero-order valence-corrected chi connectivity index (χ0v) is 6.36. The van der Waals surface area contributed by atoms with Gasteiger partial charge in [-0.15, -0.1) is 0 Å². The molecule has 1 saturated heterocycles. The molecule has 0 aromatic rings. The van der Waals surface area contributed by atoms with Gasteiger partial charge in [0, 0.05) is 6.54 Å². The molecule has 5 nitrogen and oxygen atoms in total. The Morgan fingerprint density at radius 1 is 1.75 bits per heavy atom. The maximum absolute atomic E-state index is 11.0. The molecular weight excluding hydrogens is 160 g/mol. The van der Waals surface area contributed by atoms with Crippen LogP contribution >= 0.6 is 0 Å². The maximum Gasteiger partial charge on any atom is 0.407 e. The van der Waals surface area contributed by atoms with Gasteiger partial charge in [0.05, 0.1) is 12.6 Å². The smallest absolute Gasteiger partial charge is 0.407 e. The summed E-state index contributed by atoms with van der Waals surface area (Å²) < 4.78 is 0. The molecule has 1 heterocycles. The molecule has 0 aromatic heterocycles. The number of ketones is 1. The highest BCUT2D eigenvalue weighted by Crippen LogP contribution is 2.12. The van der Waals surface area contributed by atoms with Gasteiger partial charge in [0.15, 0.2) is 5.78 Å². The lowest BCUT2D eigenvalue weighted by Crippen LogP contribution is -2.43. The largest absolute Gasteiger partial charge is 0.465 e. The number of Topliss-reactive ketones (excluding diaryl/α,β-unsaturated/α-hetero) is 1. The molecule has 5 heteroatoms. The molecule has 1 atom stereocenters. The third-order valence-corrected chi connectivity index (χ3v) is 1.85. The summed E-state index contributed by atoms with van der Waals surface area (Å²) in [6.45, 7) is 0.132. The maximum atomic E-state index is 11.0. The molecule has 1 amide bonds. The van der Waals surface area contributed by atoms with Gasteiger partial charge in [-0.3, -0.25) is 4.79 Å². The molecule has 0 radical (unpaired) electrons. The molecule has 1 aliphatic rings. The summed E-state index contributed by atoms with van der Waals surface area (Å²) in [5, 5.41) is 17.0. The van der Waals surface area contributed by atoms with Crippen LogP contribution in [0.1, 0.15) is 6.42 Å². The molecule has 0 bridgehead atoms. The van der Waals surface area contributed by atoms with Crippen LogP contribution in [-0.4, -0.2) is 35.0 Å². The molecule has 1 aliphatic heterocycles. The molecule has 0 aromatic carbocycles. The van der Waals surface area contributed by atoms with E-state index in [4.69, 9.17) is 10.4 Å².